The van der Waals surface area contributed by atoms with Crippen molar-refractivity contribution in [2.75, 3.05) is 13.2 Å². The summed E-state index contributed by atoms with van der Waals surface area (Å²) in [6.45, 7) is 4.44. The number of nitrogens with zero attached hydrogens (tertiary/aromatic N) is 2. The predicted molar refractivity (Wildman–Crippen MR) is 75.4 cm³/mol. The van der Waals surface area contributed by atoms with Crippen molar-refractivity contribution in [3.8, 4) is 11.5 Å². The van der Waals surface area contributed by atoms with E-state index in [1.165, 1.54) is 6.07 Å². The Morgan fingerprint density at radius 3 is 2.95 bits per heavy atom. The average molecular weight is 344 g/mol. The third-order valence-electron chi connectivity index (χ3n) is 2.72. The number of hydrogen-bond donors (Lipinski definition) is 1. The van der Waals surface area contributed by atoms with Crippen LogP contribution in [-0.2, 0) is 10.3 Å². The normalized spacial score (nSPS) is 14.2. The molecule has 1 atom stereocenters. The van der Waals surface area contributed by atoms with Crippen LogP contribution in [0.2, 0.25) is 0 Å². The fourth-order valence-electron chi connectivity index (χ4n) is 1.61. The molecule has 1 aromatic carbocycles. The maximum atomic E-state index is 13.5. The average Bonchev–Trinajstić information content (AvgIpc) is 2.90. The van der Waals surface area contributed by atoms with E-state index in [4.69, 9.17) is 15.0 Å². The van der Waals surface area contributed by atoms with E-state index in [1.807, 2.05) is 6.92 Å². The monoisotopic (exact) mass is 343 g/mol. The second kappa shape index (κ2) is 5.99. The molecular formula is C13H15BrFN3O2. The number of aromatic nitrogens is 2. The summed E-state index contributed by atoms with van der Waals surface area (Å²) in [6.07, 6.45) is 0. The molecule has 0 fully saturated rings. The van der Waals surface area contributed by atoms with Gasteiger partial charge in [-0.15, -0.1) is 0 Å². The smallest absolute Gasteiger partial charge is 0.259 e. The molecule has 0 bridgehead atoms. The zero-order valence-electron chi connectivity index (χ0n) is 11.2. The van der Waals surface area contributed by atoms with Gasteiger partial charge in [0, 0.05) is 6.61 Å². The van der Waals surface area contributed by atoms with Gasteiger partial charge in [-0.05, 0) is 41.9 Å². The zero-order chi connectivity index (χ0) is 14.8. The molecule has 0 saturated heterocycles. The molecule has 0 spiro atoms. The van der Waals surface area contributed by atoms with Crippen LogP contribution in [0.5, 0.6) is 0 Å². The Balaban J connectivity index is 2.31. The molecule has 2 aromatic rings. The van der Waals surface area contributed by atoms with Crippen LogP contribution >= 0.6 is 15.9 Å². The molecule has 20 heavy (non-hydrogen) atoms. The van der Waals surface area contributed by atoms with Gasteiger partial charge in [-0.2, -0.15) is 4.98 Å². The Labute approximate surface area is 124 Å². The topological polar surface area (TPSA) is 74.2 Å². The highest BCUT2D eigenvalue weighted by molar-refractivity contribution is 9.10. The van der Waals surface area contributed by atoms with Crippen molar-refractivity contribution in [3.63, 3.8) is 0 Å². The SMILES string of the molecule is CCOCC(C)(N)c1noc(-c2cccc(F)c2Br)n1. The van der Waals surface area contributed by atoms with Crippen molar-refractivity contribution in [1.82, 2.24) is 10.1 Å². The van der Waals surface area contributed by atoms with E-state index in [0.717, 1.165) is 0 Å². The molecule has 5 nitrogen and oxygen atoms in total. The van der Waals surface area contributed by atoms with Crippen LogP contribution in [0.4, 0.5) is 4.39 Å². The van der Waals surface area contributed by atoms with Gasteiger partial charge in [0.15, 0.2) is 5.82 Å². The molecule has 2 N–H and O–H groups in total. The highest BCUT2D eigenvalue weighted by Gasteiger charge is 2.28. The van der Waals surface area contributed by atoms with Crippen molar-refractivity contribution < 1.29 is 13.7 Å². The summed E-state index contributed by atoms with van der Waals surface area (Å²) in [7, 11) is 0. The molecule has 0 radical (unpaired) electrons. The van der Waals surface area contributed by atoms with E-state index in [0.29, 0.717) is 18.0 Å². The number of ether oxygens (including phenoxy) is 1. The van der Waals surface area contributed by atoms with Gasteiger partial charge in [-0.25, -0.2) is 4.39 Å². The summed E-state index contributed by atoms with van der Waals surface area (Å²) in [5.74, 6) is 0.128. The van der Waals surface area contributed by atoms with Crippen LogP contribution in [0.15, 0.2) is 27.2 Å². The molecule has 1 heterocycles. The van der Waals surface area contributed by atoms with Gasteiger partial charge in [-0.3, -0.25) is 0 Å². The van der Waals surface area contributed by atoms with Crippen LogP contribution in [0.3, 0.4) is 0 Å². The first-order valence-electron chi connectivity index (χ1n) is 6.11. The van der Waals surface area contributed by atoms with Gasteiger partial charge in [0.1, 0.15) is 11.4 Å². The van der Waals surface area contributed by atoms with Crippen molar-refractivity contribution in [2.45, 2.75) is 19.4 Å². The molecule has 0 saturated carbocycles. The first kappa shape index (κ1) is 15.1. The summed E-state index contributed by atoms with van der Waals surface area (Å²) in [5, 5.41) is 3.85. The Hall–Kier alpha value is -1.31. The number of nitrogens with two attached hydrogens (primary N) is 1. The molecule has 0 aliphatic heterocycles. The van der Waals surface area contributed by atoms with Gasteiger partial charge in [0.05, 0.1) is 16.6 Å². The Bertz CT molecular complexity index is 601. The van der Waals surface area contributed by atoms with Crippen molar-refractivity contribution >= 4 is 15.9 Å². The zero-order valence-corrected chi connectivity index (χ0v) is 12.8. The van der Waals surface area contributed by atoms with E-state index >= 15 is 0 Å². The van der Waals surface area contributed by atoms with E-state index in [-0.39, 0.29) is 17.0 Å². The lowest BCUT2D eigenvalue weighted by Gasteiger charge is -2.19. The lowest BCUT2D eigenvalue weighted by molar-refractivity contribution is 0.0962. The molecule has 1 aromatic heterocycles. The molecular weight excluding hydrogens is 329 g/mol. The number of rotatable bonds is 5. The quantitative estimate of drug-likeness (QED) is 0.903. The Morgan fingerprint density at radius 1 is 1.50 bits per heavy atom. The standard InChI is InChI=1S/C13H15BrFN3O2/c1-3-19-7-13(2,16)12-17-11(20-18-12)8-5-4-6-9(15)10(8)14/h4-6H,3,7,16H2,1-2H3. The van der Waals surface area contributed by atoms with Crippen LogP contribution in [0.1, 0.15) is 19.7 Å². The predicted octanol–water partition coefficient (Wildman–Crippen LogP) is 2.85. The third kappa shape index (κ3) is 3.05. The molecule has 1 unspecified atom stereocenters. The fourth-order valence-corrected chi connectivity index (χ4v) is 2.05. The van der Waals surface area contributed by atoms with Gasteiger partial charge >= 0.3 is 0 Å². The largest absolute Gasteiger partial charge is 0.379 e. The summed E-state index contributed by atoms with van der Waals surface area (Å²) >= 11 is 3.16. The second-order valence-corrected chi connectivity index (χ2v) is 5.37. The molecule has 108 valence electrons. The van der Waals surface area contributed by atoms with Crippen LogP contribution < -0.4 is 5.73 Å². The van der Waals surface area contributed by atoms with E-state index < -0.39 is 11.4 Å². The van der Waals surface area contributed by atoms with Crippen LogP contribution in [0.25, 0.3) is 11.5 Å². The summed E-state index contributed by atoms with van der Waals surface area (Å²) < 4.78 is 24.2. The van der Waals surface area contributed by atoms with Gasteiger partial charge < -0.3 is 15.0 Å². The van der Waals surface area contributed by atoms with Crippen molar-refractivity contribution in [1.29, 1.82) is 0 Å². The minimum atomic E-state index is -0.864. The molecule has 7 heteroatoms. The summed E-state index contributed by atoms with van der Waals surface area (Å²) in [6, 6.07) is 4.59. The Morgan fingerprint density at radius 2 is 2.25 bits per heavy atom. The Kier molecular flexibility index (Phi) is 4.52. The van der Waals surface area contributed by atoms with E-state index in [9.17, 15) is 4.39 Å². The van der Waals surface area contributed by atoms with Crippen LogP contribution in [-0.4, -0.2) is 23.4 Å². The summed E-state index contributed by atoms with van der Waals surface area (Å²) in [4.78, 5) is 4.23. The minimum Gasteiger partial charge on any atom is -0.379 e. The molecule has 0 aliphatic rings. The van der Waals surface area contributed by atoms with Crippen molar-refractivity contribution in [2.24, 2.45) is 5.73 Å². The lowest BCUT2D eigenvalue weighted by Crippen LogP contribution is -2.39. The number of hydrogen-bond acceptors (Lipinski definition) is 5. The van der Waals surface area contributed by atoms with Gasteiger partial charge in [0.25, 0.3) is 5.89 Å². The minimum absolute atomic E-state index is 0.208. The maximum Gasteiger partial charge on any atom is 0.259 e. The van der Waals surface area contributed by atoms with E-state index in [2.05, 4.69) is 26.1 Å². The molecule has 0 aliphatic carbocycles. The van der Waals surface area contributed by atoms with Gasteiger partial charge in [0.2, 0.25) is 0 Å². The van der Waals surface area contributed by atoms with E-state index in [1.54, 1.807) is 19.1 Å². The molecule has 2 rings (SSSR count). The third-order valence-corrected chi connectivity index (χ3v) is 3.53. The maximum absolute atomic E-state index is 13.5. The first-order valence-corrected chi connectivity index (χ1v) is 6.90. The fraction of sp³-hybridized carbons (Fsp3) is 0.385. The number of benzene rings is 1. The number of halogens is 2. The van der Waals surface area contributed by atoms with Crippen molar-refractivity contribution in [3.05, 3.63) is 34.3 Å². The molecule has 0 amide bonds. The summed E-state index contributed by atoms with van der Waals surface area (Å²) in [5.41, 5.74) is 5.71. The second-order valence-electron chi connectivity index (χ2n) is 4.58. The first-order chi connectivity index (χ1) is 9.45. The van der Waals surface area contributed by atoms with Crippen LogP contribution in [0, 0.1) is 5.82 Å². The highest BCUT2D eigenvalue weighted by atomic mass is 79.9. The van der Waals surface area contributed by atoms with Gasteiger partial charge in [-0.1, -0.05) is 11.2 Å². The highest BCUT2D eigenvalue weighted by Crippen LogP contribution is 2.30. The lowest BCUT2D eigenvalue weighted by atomic mass is 10.1.